The fourth-order valence-corrected chi connectivity index (χ4v) is 9.91. The molecule has 1 unspecified atom stereocenters. The molecule has 5 nitrogen and oxygen atoms in total. The van der Waals surface area contributed by atoms with Gasteiger partial charge in [0.2, 0.25) is 0 Å². The third kappa shape index (κ3) is 3.32. The number of esters is 1. The molecule has 0 aromatic carbocycles. The Labute approximate surface area is 211 Å². The van der Waals surface area contributed by atoms with E-state index >= 15 is 0 Å². The van der Waals surface area contributed by atoms with Gasteiger partial charge < -0.3 is 14.9 Å². The van der Waals surface area contributed by atoms with Crippen molar-refractivity contribution in [3.63, 3.8) is 0 Å². The number of hydrogen-bond donors (Lipinski definition) is 2. The van der Waals surface area contributed by atoms with E-state index in [-0.39, 0.29) is 39.5 Å². The largest absolute Gasteiger partial charge is 0.456 e. The molecule has 1 heterocycles. The molecule has 5 heteroatoms. The van der Waals surface area contributed by atoms with Crippen LogP contribution in [0.25, 0.3) is 0 Å². The number of carbonyl (C=O) groups excluding carboxylic acids is 2. The van der Waals surface area contributed by atoms with Crippen LogP contribution in [0.1, 0.15) is 99.8 Å². The van der Waals surface area contributed by atoms with E-state index in [1.807, 2.05) is 0 Å². The van der Waals surface area contributed by atoms with E-state index in [9.17, 15) is 19.8 Å². The average molecular weight is 487 g/mol. The molecular formula is C30H46O5. The van der Waals surface area contributed by atoms with Crippen LogP contribution in [-0.4, -0.2) is 39.8 Å². The Morgan fingerprint density at radius 3 is 2.37 bits per heavy atom. The maximum Gasteiger partial charge on any atom is 0.309 e. The van der Waals surface area contributed by atoms with E-state index in [1.165, 1.54) is 0 Å². The van der Waals surface area contributed by atoms with Crippen LogP contribution >= 0.6 is 0 Å². The van der Waals surface area contributed by atoms with Gasteiger partial charge in [0.1, 0.15) is 5.78 Å². The van der Waals surface area contributed by atoms with Gasteiger partial charge in [-0.25, -0.2) is 0 Å². The molecular weight excluding hydrogens is 440 g/mol. The molecule has 9 atom stereocenters. The fraction of sp³-hybridized carbons (Fsp3) is 0.867. The molecule has 0 amide bonds. The van der Waals surface area contributed by atoms with Gasteiger partial charge in [-0.05, 0) is 92.8 Å². The summed E-state index contributed by atoms with van der Waals surface area (Å²) in [5.74, 6) is 0.881. The molecule has 196 valence electrons. The van der Waals surface area contributed by atoms with Crippen molar-refractivity contribution in [2.24, 2.45) is 45.3 Å². The number of carbonyl (C=O) groups is 2. The Balaban J connectivity index is 1.46. The molecule has 0 spiro atoms. The van der Waals surface area contributed by atoms with Crippen LogP contribution in [0.3, 0.4) is 0 Å². The first-order valence-electron chi connectivity index (χ1n) is 13.9. The van der Waals surface area contributed by atoms with E-state index in [2.05, 4.69) is 40.7 Å². The first-order chi connectivity index (χ1) is 16.1. The summed E-state index contributed by atoms with van der Waals surface area (Å²) in [7, 11) is 0. The van der Waals surface area contributed by atoms with Crippen LogP contribution in [-0.2, 0) is 14.3 Å². The third-order valence-electron chi connectivity index (χ3n) is 12.2. The number of cyclic esters (lactones) is 1. The van der Waals surface area contributed by atoms with E-state index in [1.54, 1.807) is 19.4 Å². The molecule has 2 N–H and O–H groups in total. The van der Waals surface area contributed by atoms with Crippen LogP contribution < -0.4 is 0 Å². The lowest BCUT2D eigenvalue weighted by molar-refractivity contribution is -0.202. The summed E-state index contributed by atoms with van der Waals surface area (Å²) in [5.41, 5.74) is 0.164. The standard InChI is InChI=1S/C30H46O5/c1-26(2)22-9-8-20-19(28(22,5)13-12-23(26)32)11-15-29(6)18(10-14-30(20,29)7)17-16-21(31)24(27(3,4)34)35-25(17)33/h8,17-19,21-22,24,31,34H,9-16H2,1-7H3/t17-,18-,19-,21+,22-,24?,28+,29-,30+/m0/s1. The van der Waals surface area contributed by atoms with E-state index in [4.69, 9.17) is 4.74 Å². The topological polar surface area (TPSA) is 83.8 Å². The number of ether oxygens (including phenoxy) is 1. The number of aliphatic hydroxyl groups is 2. The highest BCUT2D eigenvalue weighted by atomic mass is 16.6. The molecule has 1 aliphatic heterocycles. The van der Waals surface area contributed by atoms with Gasteiger partial charge in [-0.2, -0.15) is 0 Å². The molecule has 0 radical (unpaired) electrons. The summed E-state index contributed by atoms with van der Waals surface area (Å²) < 4.78 is 5.69. The Kier molecular flexibility index (Phi) is 5.57. The first-order valence-corrected chi connectivity index (χ1v) is 13.9. The van der Waals surface area contributed by atoms with Crippen molar-refractivity contribution in [2.45, 2.75) is 118 Å². The summed E-state index contributed by atoms with van der Waals surface area (Å²) in [6.45, 7) is 14.8. The van der Waals surface area contributed by atoms with Crippen LogP contribution in [0, 0.1) is 45.3 Å². The summed E-state index contributed by atoms with van der Waals surface area (Å²) in [5, 5.41) is 21.2. The second kappa shape index (κ2) is 7.66. The molecule has 0 bridgehead atoms. The van der Waals surface area contributed by atoms with E-state index in [0.29, 0.717) is 30.5 Å². The normalized spacial score (nSPS) is 49.5. The van der Waals surface area contributed by atoms with Gasteiger partial charge in [-0.1, -0.05) is 46.3 Å². The second-order valence-electron chi connectivity index (χ2n) is 14.5. The van der Waals surface area contributed by atoms with Crippen LogP contribution in [0.2, 0.25) is 0 Å². The number of ketones is 1. The van der Waals surface area contributed by atoms with Crippen molar-refractivity contribution in [2.75, 3.05) is 0 Å². The van der Waals surface area contributed by atoms with Gasteiger partial charge >= 0.3 is 5.97 Å². The molecule has 5 rings (SSSR count). The minimum atomic E-state index is -1.26. The summed E-state index contributed by atoms with van der Waals surface area (Å²) >= 11 is 0. The number of rotatable bonds is 2. The highest BCUT2D eigenvalue weighted by Gasteiger charge is 2.66. The monoisotopic (exact) mass is 486 g/mol. The number of aliphatic hydroxyl groups excluding tert-OH is 1. The molecule has 5 aliphatic rings. The van der Waals surface area contributed by atoms with Crippen molar-refractivity contribution in [1.29, 1.82) is 0 Å². The number of hydrogen-bond acceptors (Lipinski definition) is 5. The number of allylic oxidation sites excluding steroid dienone is 2. The number of Topliss-reactive ketones (excluding diaryl/α,β-unsaturated/α-hetero) is 1. The minimum absolute atomic E-state index is 0.0124. The van der Waals surface area contributed by atoms with Crippen LogP contribution in [0.4, 0.5) is 0 Å². The zero-order valence-electron chi connectivity index (χ0n) is 22.8. The SMILES string of the molecule is CC(C)(O)C1OC(=O)[C@H]([C@@H]2CC[C@]3(C)C4=CC[C@H]5C(C)(C)C(=O)CC[C@]5(C)[C@H]4CC[C@@]23C)C[C@H]1O. The summed E-state index contributed by atoms with van der Waals surface area (Å²) in [4.78, 5) is 26.1. The minimum Gasteiger partial charge on any atom is -0.456 e. The Hall–Kier alpha value is -1.20. The van der Waals surface area contributed by atoms with Crippen LogP contribution in [0.5, 0.6) is 0 Å². The van der Waals surface area contributed by atoms with Gasteiger partial charge in [0.25, 0.3) is 0 Å². The zero-order chi connectivity index (χ0) is 25.8. The smallest absolute Gasteiger partial charge is 0.309 e. The maximum atomic E-state index is 13.2. The lowest BCUT2D eigenvalue weighted by atomic mass is 9.41. The van der Waals surface area contributed by atoms with E-state index in [0.717, 1.165) is 38.5 Å². The van der Waals surface area contributed by atoms with Gasteiger partial charge in [0.05, 0.1) is 17.6 Å². The van der Waals surface area contributed by atoms with Crippen molar-refractivity contribution in [3.8, 4) is 0 Å². The van der Waals surface area contributed by atoms with Gasteiger partial charge in [0, 0.05) is 11.8 Å². The Morgan fingerprint density at radius 1 is 1.03 bits per heavy atom. The van der Waals surface area contributed by atoms with Crippen LogP contribution in [0.15, 0.2) is 11.6 Å². The lowest BCUT2D eigenvalue weighted by Crippen LogP contribution is -2.58. The molecule has 0 aromatic heterocycles. The second-order valence-corrected chi connectivity index (χ2v) is 14.5. The van der Waals surface area contributed by atoms with Crippen molar-refractivity contribution in [3.05, 3.63) is 11.6 Å². The Morgan fingerprint density at radius 2 is 1.71 bits per heavy atom. The van der Waals surface area contributed by atoms with E-state index < -0.39 is 17.8 Å². The molecule has 4 fully saturated rings. The predicted molar refractivity (Wildman–Crippen MR) is 134 cm³/mol. The summed E-state index contributed by atoms with van der Waals surface area (Å²) in [6.07, 6.45) is 7.94. The fourth-order valence-electron chi connectivity index (χ4n) is 9.91. The van der Waals surface area contributed by atoms with Crippen molar-refractivity contribution >= 4 is 11.8 Å². The molecule has 35 heavy (non-hydrogen) atoms. The number of fused-ring (bicyclic) bond motifs is 5. The quantitative estimate of drug-likeness (QED) is 0.413. The average Bonchev–Trinajstić information content (AvgIpc) is 3.03. The molecule has 4 aliphatic carbocycles. The highest BCUT2D eigenvalue weighted by Crippen LogP contribution is 2.73. The van der Waals surface area contributed by atoms with Gasteiger partial charge in [-0.15, -0.1) is 0 Å². The Bertz CT molecular complexity index is 958. The van der Waals surface area contributed by atoms with Crippen molar-refractivity contribution in [1.82, 2.24) is 0 Å². The third-order valence-corrected chi connectivity index (χ3v) is 12.2. The molecule has 3 saturated carbocycles. The highest BCUT2D eigenvalue weighted by molar-refractivity contribution is 5.85. The summed E-state index contributed by atoms with van der Waals surface area (Å²) in [6, 6.07) is 0. The maximum absolute atomic E-state index is 13.2. The first kappa shape index (κ1) is 25.4. The van der Waals surface area contributed by atoms with Crippen molar-refractivity contribution < 1.29 is 24.5 Å². The van der Waals surface area contributed by atoms with Gasteiger partial charge in [-0.3, -0.25) is 9.59 Å². The zero-order valence-corrected chi connectivity index (χ0v) is 22.8. The molecule has 1 saturated heterocycles. The van der Waals surface area contributed by atoms with Gasteiger partial charge in [0.15, 0.2) is 6.10 Å². The lowest BCUT2D eigenvalue weighted by Gasteiger charge is -2.63. The predicted octanol–water partition coefficient (Wildman–Crippen LogP) is 5.22. The molecule has 0 aromatic rings.